The first kappa shape index (κ1) is 34.8. The number of hydrogen-bond donors (Lipinski definition) is 2. The van der Waals surface area contributed by atoms with Gasteiger partial charge in [-0.2, -0.15) is 0 Å². The number of rotatable bonds is 0. The fourth-order valence-corrected chi connectivity index (χ4v) is 3.60. The van der Waals surface area contributed by atoms with Gasteiger partial charge in [0.1, 0.15) is 16.2 Å². The van der Waals surface area contributed by atoms with Crippen LogP contribution >= 0.6 is 138 Å². The maximum absolute atomic E-state index is 7.57. The zero-order chi connectivity index (χ0) is 24.4. The van der Waals surface area contributed by atoms with Crippen molar-refractivity contribution in [1.29, 1.82) is 0 Å². The summed E-state index contributed by atoms with van der Waals surface area (Å²) in [4.78, 5) is 11.2. The largest absolute Gasteiger partial charge is 0.384 e. The first-order valence-corrected chi connectivity index (χ1v) is 15.7. The van der Waals surface area contributed by atoms with Crippen molar-refractivity contribution in [2.45, 2.75) is 7.36 Å². The summed E-state index contributed by atoms with van der Waals surface area (Å²) in [5, 5.41) is 3.90. The van der Waals surface area contributed by atoms with E-state index in [9.17, 15) is 0 Å². The van der Waals surface area contributed by atoms with Gasteiger partial charge >= 0.3 is 0 Å². The van der Waals surface area contributed by atoms with Crippen LogP contribution in [0.3, 0.4) is 0 Å². The molecule has 12 heteroatoms. The van der Waals surface area contributed by atoms with Crippen LogP contribution in [0, 0.1) is 4.93 Å². The van der Waals surface area contributed by atoms with Gasteiger partial charge < -0.3 is 34.1 Å². The Bertz CT molecular complexity index is 1090. The number of alkyl halides is 3. The van der Waals surface area contributed by atoms with Crippen LogP contribution in [0.1, 0.15) is 8.80 Å². The molecule has 4 aromatic rings. The number of nitrogen functional groups attached to an aromatic ring is 2. The molecule has 179 valence electrons. The summed E-state index contributed by atoms with van der Waals surface area (Å²) in [6, 6.07) is 15.3. The molecule has 2 heterocycles. The van der Waals surface area contributed by atoms with Crippen LogP contribution in [0.25, 0.3) is 21.5 Å². The smallest absolute Gasteiger partial charge is 0.125 e. The number of pyridine rings is 2. The Kier molecular flexibility index (Phi) is 20.9. The minimum Gasteiger partial charge on any atom is -0.384 e. The van der Waals surface area contributed by atoms with Gasteiger partial charge in [-0.15, -0.1) is 0 Å². The van der Waals surface area contributed by atoms with Gasteiger partial charge in [-0.05, 0) is 63.1 Å². The number of halogens is 7. The number of anilines is 2. The zero-order valence-electron chi connectivity index (χ0n) is 17.0. The number of hydrogen-bond acceptors (Lipinski definition) is 4. The van der Waals surface area contributed by atoms with Gasteiger partial charge in [-0.1, -0.05) is 119 Å². The Morgan fingerprint density at radius 1 is 0.818 bits per heavy atom. The van der Waals surface area contributed by atoms with Gasteiger partial charge in [-0.25, -0.2) is 9.97 Å². The van der Waals surface area contributed by atoms with Crippen LogP contribution in [0.15, 0.2) is 68.3 Å². The minimum absolute atomic E-state index is 0. The van der Waals surface area contributed by atoms with Crippen LogP contribution in [0.5, 0.6) is 0 Å². The standard InChI is InChI=1S/C9H6Br2N2.C9H7BrN2.CHI3.CH2I.CH4.V/c10-6-1-2-7-5(3-6)4-8(12)13-9(7)11;10-8-2-1-6-5-12-9(11)4-7(6)3-8;2-1(3)4;1-2;;/h1-4H,(H2,12,13);1-5H,(H2,11,12);1H;1H2;1H4;/q;;;-1;;/i;5D;;;;. The van der Waals surface area contributed by atoms with Crippen molar-refractivity contribution in [2.24, 2.45) is 0 Å². The normalized spacial score (nSPS) is 9.67. The van der Waals surface area contributed by atoms with E-state index in [4.69, 9.17) is 12.8 Å². The quantitative estimate of drug-likeness (QED) is 0.0796. The maximum Gasteiger partial charge on any atom is 0.125 e. The molecule has 0 spiro atoms. The summed E-state index contributed by atoms with van der Waals surface area (Å²) in [5.41, 5.74) is 11.1. The molecule has 0 aliphatic rings. The molecule has 0 saturated carbocycles. The fraction of sp³-hybridized carbons (Fsp3) is 0.0952. The maximum atomic E-state index is 7.57. The van der Waals surface area contributed by atoms with Crippen molar-refractivity contribution in [3.63, 3.8) is 0 Å². The first-order valence-electron chi connectivity index (χ1n) is 8.59. The third-order valence-corrected chi connectivity index (χ3v) is 4.98. The van der Waals surface area contributed by atoms with Gasteiger partial charge in [0.15, 0.2) is 0 Å². The van der Waals surface area contributed by atoms with Crippen LogP contribution in [-0.2, 0) is 18.6 Å². The molecule has 0 aliphatic carbocycles. The molecule has 33 heavy (non-hydrogen) atoms. The third-order valence-electron chi connectivity index (χ3n) is 3.39. The number of aromatic nitrogens is 2. The summed E-state index contributed by atoms with van der Waals surface area (Å²) in [5.74, 6) is 0.910. The van der Waals surface area contributed by atoms with E-state index in [1.807, 2.05) is 65.1 Å². The van der Waals surface area contributed by atoms with Gasteiger partial charge in [0.05, 0.1) is 1.37 Å². The van der Waals surface area contributed by atoms with Gasteiger partial charge in [0.2, 0.25) is 0 Å². The Morgan fingerprint density at radius 3 is 1.88 bits per heavy atom. The predicted molar refractivity (Wildman–Crippen MR) is 187 cm³/mol. The van der Waals surface area contributed by atoms with Crippen molar-refractivity contribution in [3.05, 3.63) is 73.2 Å². The van der Waals surface area contributed by atoms with Gasteiger partial charge in [-0.3, -0.25) is 4.93 Å². The van der Waals surface area contributed by atoms with Crippen LogP contribution < -0.4 is 11.5 Å². The third kappa shape index (κ3) is 14.4. The van der Waals surface area contributed by atoms with Crippen molar-refractivity contribution >= 4 is 171 Å². The molecule has 0 unspecified atom stereocenters. The summed E-state index contributed by atoms with van der Waals surface area (Å²) in [7, 11) is 0. The average molecular weight is 1130 g/mol. The van der Waals surface area contributed by atoms with E-state index in [1.54, 1.807) is 6.07 Å². The second-order valence-corrected chi connectivity index (χ2v) is 18.9. The van der Waals surface area contributed by atoms with E-state index in [0.29, 0.717) is 11.6 Å². The minimum atomic E-state index is 0. The van der Waals surface area contributed by atoms with Crippen LogP contribution in [0.2, 0.25) is 0 Å². The van der Waals surface area contributed by atoms with Gasteiger partial charge in [0.25, 0.3) is 0 Å². The summed E-state index contributed by atoms with van der Waals surface area (Å²) in [6.45, 7) is 0. The summed E-state index contributed by atoms with van der Waals surface area (Å²) >= 11 is 19.0. The van der Waals surface area contributed by atoms with Crippen molar-refractivity contribution in [2.75, 3.05) is 11.5 Å². The van der Waals surface area contributed by atoms with Crippen molar-refractivity contribution in [1.82, 2.24) is 9.97 Å². The molecule has 4 rings (SSSR count). The molecule has 4 nitrogen and oxygen atoms in total. The van der Waals surface area contributed by atoms with Gasteiger partial charge in [0, 0.05) is 44.4 Å². The monoisotopic (exact) mass is 1120 g/mol. The second-order valence-electron chi connectivity index (χ2n) is 5.48. The first-order chi connectivity index (χ1) is 15.1. The van der Waals surface area contributed by atoms with Crippen LogP contribution in [0.4, 0.5) is 11.6 Å². The SMILES string of the molecule is C.IC(I)I.Nc1cc2cc(Br)ccc2c(Br)n1.[2H]c1nc(N)cc2cc(Br)ccc12.[CH2-]I.[V]. The van der Waals surface area contributed by atoms with E-state index in [-0.39, 0.29) is 32.2 Å². The molecule has 2 aromatic heterocycles. The van der Waals surface area contributed by atoms with E-state index >= 15 is 0 Å². The molecule has 4 N–H and O–H groups in total. The van der Waals surface area contributed by atoms with E-state index in [2.05, 4.69) is 130 Å². The average Bonchev–Trinajstić information content (AvgIpc) is 2.68. The molecule has 0 bridgehead atoms. The second kappa shape index (κ2) is 19.9. The fourth-order valence-electron chi connectivity index (χ4n) is 2.28. The van der Waals surface area contributed by atoms with Crippen molar-refractivity contribution in [3.8, 4) is 0 Å². The van der Waals surface area contributed by atoms with Crippen LogP contribution in [-0.4, -0.2) is 9.91 Å². The Morgan fingerprint density at radius 2 is 1.30 bits per heavy atom. The number of benzene rings is 2. The Hall–Kier alpha value is 1.80. The number of fused-ring (bicyclic) bond motifs is 2. The predicted octanol–water partition coefficient (Wildman–Crippen LogP) is 10.3. The topological polar surface area (TPSA) is 77.8 Å². The number of nitrogens with two attached hydrogens (primary N) is 2. The zero-order valence-corrected chi connectivity index (χ0v) is 30.8. The molecule has 0 fully saturated rings. The molecule has 2 aromatic carbocycles. The summed E-state index contributed by atoms with van der Waals surface area (Å²) in [6.07, 6.45) is 0.225. The van der Waals surface area contributed by atoms with Crippen molar-refractivity contribution < 1.29 is 19.9 Å². The Balaban J connectivity index is 0. The Labute approximate surface area is 288 Å². The molecule has 0 aliphatic heterocycles. The molecule has 0 amide bonds. The molecule has 0 atom stereocenters. The summed E-state index contributed by atoms with van der Waals surface area (Å²) < 4.78 is 11.1. The number of nitrogens with zero attached hydrogens (tertiary/aromatic N) is 2. The van der Waals surface area contributed by atoms with E-state index in [0.717, 1.165) is 35.0 Å². The molecule has 1 radical (unpaired) electrons. The van der Waals surface area contributed by atoms with E-state index < -0.39 is 0 Å². The molecular formula is C21H20Br3I4N4V-. The molecule has 0 saturated heterocycles. The van der Waals surface area contributed by atoms with E-state index in [1.165, 1.54) is 0 Å². The molecular weight excluding hydrogens is 1110 g/mol.